The number of hydrogen-bond acceptors (Lipinski definition) is 5. The molecule has 0 radical (unpaired) electrons. The lowest BCUT2D eigenvalue weighted by Crippen LogP contribution is -2.49. The second-order valence-corrected chi connectivity index (χ2v) is 8.91. The number of hydrogen-bond donors (Lipinski definition) is 3. The van der Waals surface area contributed by atoms with Gasteiger partial charge in [-0.25, -0.2) is 8.42 Å². The van der Waals surface area contributed by atoms with Gasteiger partial charge in [-0.2, -0.15) is 4.31 Å². The first-order valence-electron chi connectivity index (χ1n) is 9.32. The molecule has 3 N–H and O–H groups in total. The lowest BCUT2D eigenvalue weighted by Gasteiger charge is -2.26. The van der Waals surface area contributed by atoms with Gasteiger partial charge in [0.2, 0.25) is 15.9 Å². The molecule has 8 nitrogen and oxygen atoms in total. The van der Waals surface area contributed by atoms with Crippen LogP contribution in [-0.4, -0.2) is 63.8 Å². The van der Waals surface area contributed by atoms with E-state index in [1.54, 1.807) is 12.1 Å². The van der Waals surface area contributed by atoms with Crippen LogP contribution in [0.15, 0.2) is 29.2 Å². The molecule has 1 aromatic carbocycles. The van der Waals surface area contributed by atoms with Gasteiger partial charge in [-0.15, -0.1) is 0 Å². The van der Waals surface area contributed by atoms with Crippen molar-refractivity contribution in [2.24, 2.45) is 5.92 Å². The quantitative estimate of drug-likeness (QED) is 0.626. The normalized spacial score (nSPS) is 21.5. The Balaban J connectivity index is 1.62. The van der Waals surface area contributed by atoms with Crippen LogP contribution in [0.4, 0.5) is 0 Å². The highest BCUT2D eigenvalue weighted by atomic mass is 32.2. The van der Waals surface area contributed by atoms with Gasteiger partial charge in [0, 0.05) is 25.2 Å². The minimum absolute atomic E-state index is 0.0290. The van der Waals surface area contributed by atoms with Crippen molar-refractivity contribution in [3.05, 3.63) is 29.8 Å². The van der Waals surface area contributed by atoms with Gasteiger partial charge in [0.15, 0.2) is 0 Å². The van der Waals surface area contributed by atoms with Gasteiger partial charge < -0.3 is 16.0 Å². The van der Waals surface area contributed by atoms with Gasteiger partial charge in [-0.05, 0) is 56.5 Å². The van der Waals surface area contributed by atoms with Crippen molar-refractivity contribution in [2.45, 2.75) is 24.2 Å². The van der Waals surface area contributed by atoms with Crippen molar-refractivity contribution in [3.8, 4) is 0 Å². The lowest BCUT2D eigenvalue weighted by molar-refractivity contribution is -0.122. The Bertz CT molecular complexity index is 790. The van der Waals surface area contributed by atoms with Gasteiger partial charge >= 0.3 is 0 Å². The van der Waals surface area contributed by atoms with Crippen LogP contribution in [0.25, 0.3) is 0 Å². The molecule has 2 amide bonds. The fraction of sp³-hybridized carbons (Fsp3) is 0.556. The third-order valence-electron chi connectivity index (χ3n) is 4.97. The molecular formula is C18H26N4O4S. The topological polar surface area (TPSA) is 108 Å². The third-order valence-corrected chi connectivity index (χ3v) is 6.82. The second kappa shape index (κ2) is 8.81. The fourth-order valence-electron chi connectivity index (χ4n) is 3.43. The molecule has 1 unspecified atom stereocenters. The van der Waals surface area contributed by atoms with E-state index in [0.717, 1.165) is 30.2 Å². The fourth-order valence-corrected chi connectivity index (χ4v) is 4.87. The van der Waals surface area contributed by atoms with Gasteiger partial charge in [-0.3, -0.25) is 9.59 Å². The first-order chi connectivity index (χ1) is 13.0. The molecule has 0 spiro atoms. The highest BCUT2D eigenvalue weighted by Crippen LogP contribution is 2.18. The van der Waals surface area contributed by atoms with E-state index in [-0.39, 0.29) is 36.3 Å². The number of nitrogens with zero attached hydrogens (tertiary/aromatic N) is 1. The van der Waals surface area contributed by atoms with E-state index in [1.165, 1.54) is 18.6 Å². The highest BCUT2D eigenvalue weighted by Gasteiger charge is 2.29. The molecule has 9 heteroatoms. The zero-order chi connectivity index (χ0) is 19.3. The molecule has 2 saturated heterocycles. The molecule has 0 bridgehead atoms. The summed E-state index contributed by atoms with van der Waals surface area (Å²) >= 11 is 0. The van der Waals surface area contributed by atoms with E-state index in [4.69, 9.17) is 0 Å². The zero-order valence-corrected chi connectivity index (χ0v) is 16.1. The maximum absolute atomic E-state index is 12.7. The molecule has 0 aromatic heterocycles. The van der Waals surface area contributed by atoms with Crippen molar-refractivity contribution in [1.82, 2.24) is 20.3 Å². The summed E-state index contributed by atoms with van der Waals surface area (Å²) in [4.78, 5) is 23.9. The van der Waals surface area contributed by atoms with Crippen LogP contribution in [0.1, 0.15) is 29.6 Å². The number of piperidine rings is 1. The Morgan fingerprint density at radius 3 is 2.89 bits per heavy atom. The van der Waals surface area contributed by atoms with Gasteiger partial charge in [0.25, 0.3) is 5.91 Å². The predicted octanol–water partition coefficient (Wildman–Crippen LogP) is -0.0734. The molecule has 3 rings (SSSR count). The Morgan fingerprint density at radius 1 is 1.30 bits per heavy atom. The average Bonchev–Trinajstić information content (AvgIpc) is 2.69. The molecule has 1 aromatic rings. The smallest absolute Gasteiger partial charge is 0.251 e. The highest BCUT2D eigenvalue weighted by molar-refractivity contribution is 7.89. The molecular weight excluding hydrogens is 368 g/mol. The van der Waals surface area contributed by atoms with Gasteiger partial charge in [-0.1, -0.05) is 6.07 Å². The van der Waals surface area contributed by atoms with Crippen molar-refractivity contribution in [2.75, 3.05) is 39.3 Å². The first-order valence-corrected chi connectivity index (χ1v) is 10.8. The van der Waals surface area contributed by atoms with Crippen LogP contribution in [-0.2, 0) is 14.8 Å². The van der Waals surface area contributed by atoms with Crippen LogP contribution in [0.5, 0.6) is 0 Å². The molecule has 0 saturated carbocycles. The number of carbonyl (C=O) groups excluding carboxylic acids is 2. The number of benzene rings is 1. The molecule has 2 aliphatic rings. The third kappa shape index (κ3) is 5.06. The number of carbonyl (C=O) groups is 2. The van der Waals surface area contributed by atoms with E-state index < -0.39 is 10.0 Å². The van der Waals surface area contributed by atoms with E-state index in [9.17, 15) is 18.0 Å². The SMILES string of the molecule is O=C1CN(S(=O)(=O)c2cccc(C(=O)NCCC3CCCNC3)c2)CCN1. The average molecular weight is 394 g/mol. The Labute approximate surface area is 159 Å². The summed E-state index contributed by atoms with van der Waals surface area (Å²) in [6.07, 6.45) is 3.23. The monoisotopic (exact) mass is 394 g/mol. The zero-order valence-electron chi connectivity index (χ0n) is 15.2. The van der Waals surface area contributed by atoms with Crippen LogP contribution in [0, 0.1) is 5.92 Å². The summed E-state index contributed by atoms with van der Waals surface area (Å²) in [7, 11) is -3.80. The molecule has 2 aliphatic heterocycles. The van der Waals surface area contributed by atoms with Crippen molar-refractivity contribution in [3.63, 3.8) is 0 Å². The van der Waals surface area contributed by atoms with E-state index in [0.29, 0.717) is 18.0 Å². The van der Waals surface area contributed by atoms with Crippen molar-refractivity contribution >= 4 is 21.8 Å². The number of amides is 2. The first kappa shape index (κ1) is 19.8. The van der Waals surface area contributed by atoms with Crippen molar-refractivity contribution in [1.29, 1.82) is 0 Å². The summed E-state index contributed by atoms with van der Waals surface area (Å²) in [6.45, 7) is 2.91. The summed E-state index contributed by atoms with van der Waals surface area (Å²) < 4.78 is 26.6. The van der Waals surface area contributed by atoms with Crippen LogP contribution < -0.4 is 16.0 Å². The number of nitrogens with one attached hydrogen (secondary N) is 3. The number of rotatable bonds is 6. The standard InChI is InChI=1S/C18H26N4O4S/c23-17-13-22(10-9-20-17)27(25,26)16-5-1-4-15(11-16)18(24)21-8-6-14-3-2-7-19-12-14/h1,4-5,11,14,19H,2-3,6-10,12-13H2,(H,20,23)(H,21,24). The van der Waals surface area contributed by atoms with Crippen LogP contribution in [0.2, 0.25) is 0 Å². The van der Waals surface area contributed by atoms with E-state index in [1.807, 2.05) is 0 Å². The molecule has 0 aliphatic carbocycles. The van der Waals surface area contributed by atoms with E-state index in [2.05, 4.69) is 16.0 Å². The number of piperazine rings is 1. The predicted molar refractivity (Wildman–Crippen MR) is 101 cm³/mol. The van der Waals surface area contributed by atoms with Crippen molar-refractivity contribution < 1.29 is 18.0 Å². The summed E-state index contributed by atoms with van der Waals surface area (Å²) in [5.74, 6) is -0.0425. The summed E-state index contributed by atoms with van der Waals surface area (Å²) in [5, 5.41) is 8.82. The largest absolute Gasteiger partial charge is 0.354 e. The molecule has 2 heterocycles. The summed E-state index contributed by atoms with van der Waals surface area (Å²) in [6, 6.07) is 5.97. The van der Waals surface area contributed by atoms with Gasteiger partial charge in [0.05, 0.1) is 11.4 Å². The molecule has 1 atom stereocenters. The minimum Gasteiger partial charge on any atom is -0.354 e. The molecule has 2 fully saturated rings. The molecule has 27 heavy (non-hydrogen) atoms. The molecule has 148 valence electrons. The summed E-state index contributed by atoms with van der Waals surface area (Å²) in [5.41, 5.74) is 0.305. The Kier molecular flexibility index (Phi) is 6.46. The minimum atomic E-state index is -3.80. The van der Waals surface area contributed by atoms with E-state index >= 15 is 0 Å². The maximum Gasteiger partial charge on any atom is 0.251 e. The second-order valence-electron chi connectivity index (χ2n) is 6.97. The lowest BCUT2D eigenvalue weighted by atomic mass is 9.96. The van der Waals surface area contributed by atoms with Crippen LogP contribution in [0.3, 0.4) is 0 Å². The van der Waals surface area contributed by atoms with Crippen LogP contribution >= 0.6 is 0 Å². The Hall–Kier alpha value is -1.97. The van der Waals surface area contributed by atoms with Gasteiger partial charge in [0.1, 0.15) is 0 Å². The Morgan fingerprint density at radius 2 is 2.15 bits per heavy atom. The number of sulfonamides is 1. The maximum atomic E-state index is 12.7.